The minimum Gasteiger partial charge on any atom is -0.494 e. The van der Waals surface area contributed by atoms with Gasteiger partial charge in [0.25, 0.3) is 5.56 Å². The van der Waals surface area contributed by atoms with E-state index in [4.69, 9.17) is 15.5 Å². The predicted molar refractivity (Wildman–Crippen MR) is 135 cm³/mol. The number of benzene rings is 1. The van der Waals surface area contributed by atoms with Crippen molar-refractivity contribution in [3.63, 3.8) is 0 Å². The Kier molecular flexibility index (Phi) is 7.97. The number of hydrogen-bond donors (Lipinski definition) is 2. The number of nitrogens with two attached hydrogens (primary N) is 1. The lowest BCUT2D eigenvalue weighted by Gasteiger charge is -2.27. The summed E-state index contributed by atoms with van der Waals surface area (Å²) in [5, 5.41) is 2.89. The van der Waals surface area contributed by atoms with Crippen molar-refractivity contribution in [1.82, 2.24) is 14.5 Å². The first kappa shape index (κ1) is 24.6. The lowest BCUT2D eigenvalue weighted by molar-refractivity contribution is 0.340. The molecule has 0 amide bonds. The number of nitrogens with one attached hydrogen (secondary N) is 1. The normalized spacial score (nSPS) is 11.4. The molecule has 9 heteroatoms. The number of H-pyrrole nitrogens is 1. The van der Waals surface area contributed by atoms with Gasteiger partial charge < -0.3 is 15.4 Å². The van der Waals surface area contributed by atoms with Crippen molar-refractivity contribution in [1.29, 1.82) is 0 Å². The van der Waals surface area contributed by atoms with Crippen molar-refractivity contribution >= 4 is 22.8 Å². The Morgan fingerprint density at radius 2 is 1.85 bits per heavy atom. The maximum atomic E-state index is 12.8. The van der Waals surface area contributed by atoms with Crippen LogP contribution >= 0.6 is 11.3 Å². The summed E-state index contributed by atoms with van der Waals surface area (Å²) in [6.45, 7) is 12.2. The number of thiazole rings is 1. The number of nitrogens with zero attached hydrogens (tertiary/aromatic N) is 3. The first-order valence-corrected chi connectivity index (χ1v) is 12.1. The van der Waals surface area contributed by atoms with Gasteiger partial charge in [-0.05, 0) is 43.0 Å². The highest BCUT2D eigenvalue weighted by molar-refractivity contribution is 7.13. The van der Waals surface area contributed by atoms with Crippen LogP contribution in [0.1, 0.15) is 40.3 Å². The molecule has 8 nitrogen and oxygen atoms in total. The summed E-state index contributed by atoms with van der Waals surface area (Å²) < 4.78 is 6.96. The molecule has 3 aromatic rings. The van der Waals surface area contributed by atoms with Gasteiger partial charge in [0.2, 0.25) is 0 Å². The summed E-state index contributed by atoms with van der Waals surface area (Å²) in [5.74, 6) is 1.50. The van der Waals surface area contributed by atoms with Crippen LogP contribution in [0.3, 0.4) is 0 Å². The first-order chi connectivity index (χ1) is 15.7. The number of rotatable bonds is 10. The van der Waals surface area contributed by atoms with Crippen LogP contribution < -0.4 is 26.6 Å². The molecule has 3 N–H and O–H groups in total. The molecule has 0 radical (unpaired) electrons. The summed E-state index contributed by atoms with van der Waals surface area (Å²) in [6, 6.07) is 7.85. The minimum absolute atomic E-state index is 0.195. The van der Waals surface area contributed by atoms with E-state index in [0.29, 0.717) is 31.9 Å². The summed E-state index contributed by atoms with van der Waals surface area (Å²) >= 11 is 1.55. The molecule has 0 spiro atoms. The SMILES string of the molecule is CCOc1ccc(-c2nc(CN(CC(C)C)c3c(N)n(CC(C)C)c(=O)[nH]c3=O)cs2)cc1. The molecule has 0 aliphatic heterocycles. The van der Waals surface area contributed by atoms with E-state index in [1.807, 2.05) is 55.3 Å². The van der Waals surface area contributed by atoms with Crippen molar-refractivity contribution in [3.8, 4) is 16.3 Å². The van der Waals surface area contributed by atoms with Crippen LogP contribution in [-0.2, 0) is 13.1 Å². The fourth-order valence-corrected chi connectivity index (χ4v) is 4.49. The Hall–Kier alpha value is -3.07. The third kappa shape index (κ3) is 6.04. The zero-order chi connectivity index (χ0) is 24.1. The van der Waals surface area contributed by atoms with Crippen molar-refractivity contribution in [2.24, 2.45) is 11.8 Å². The molecule has 33 heavy (non-hydrogen) atoms. The Balaban J connectivity index is 1.93. The lowest BCUT2D eigenvalue weighted by atomic mass is 10.2. The number of aromatic nitrogens is 3. The molecule has 3 rings (SSSR count). The lowest BCUT2D eigenvalue weighted by Crippen LogP contribution is -2.40. The summed E-state index contributed by atoms with van der Waals surface area (Å²) in [7, 11) is 0. The highest BCUT2D eigenvalue weighted by Gasteiger charge is 2.21. The largest absolute Gasteiger partial charge is 0.494 e. The van der Waals surface area contributed by atoms with Crippen molar-refractivity contribution in [3.05, 3.63) is 56.2 Å². The fourth-order valence-electron chi connectivity index (χ4n) is 3.67. The van der Waals surface area contributed by atoms with Gasteiger partial charge in [0.1, 0.15) is 22.3 Å². The second-order valence-corrected chi connectivity index (χ2v) is 9.73. The van der Waals surface area contributed by atoms with Gasteiger partial charge in [-0.15, -0.1) is 11.3 Å². The average Bonchev–Trinajstić information content (AvgIpc) is 3.19. The van der Waals surface area contributed by atoms with Crippen molar-refractivity contribution in [2.75, 3.05) is 23.8 Å². The van der Waals surface area contributed by atoms with Crippen LogP contribution in [0, 0.1) is 11.8 Å². The van der Waals surface area contributed by atoms with Crippen LogP contribution in [0.5, 0.6) is 5.75 Å². The quantitative estimate of drug-likeness (QED) is 0.464. The number of hydrogen-bond acceptors (Lipinski definition) is 7. The molecule has 0 saturated carbocycles. The monoisotopic (exact) mass is 471 g/mol. The number of nitrogen functional groups attached to an aromatic ring is 1. The van der Waals surface area contributed by atoms with Gasteiger partial charge >= 0.3 is 5.69 Å². The molecular formula is C24H33N5O3S. The zero-order valence-electron chi connectivity index (χ0n) is 19.9. The molecule has 0 atom stereocenters. The molecule has 0 aliphatic carbocycles. The first-order valence-electron chi connectivity index (χ1n) is 11.2. The maximum Gasteiger partial charge on any atom is 0.330 e. The van der Waals surface area contributed by atoms with Crippen LogP contribution in [-0.4, -0.2) is 27.7 Å². The molecule has 0 aliphatic rings. The molecule has 178 valence electrons. The Bertz CT molecular complexity index is 1180. The van der Waals surface area contributed by atoms with Crippen LogP contribution in [0.25, 0.3) is 10.6 Å². The van der Waals surface area contributed by atoms with Gasteiger partial charge in [-0.2, -0.15) is 0 Å². The molecule has 1 aromatic carbocycles. The second-order valence-electron chi connectivity index (χ2n) is 8.87. The fraction of sp³-hybridized carbons (Fsp3) is 0.458. The van der Waals surface area contributed by atoms with E-state index in [1.165, 1.54) is 4.57 Å². The highest BCUT2D eigenvalue weighted by atomic mass is 32.1. The van der Waals surface area contributed by atoms with E-state index in [0.717, 1.165) is 22.0 Å². The third-order valence-corrected chi connectivity index (χ3v) is 5.92. The maximum absolute atomic E-state index is 12.8. The van der Waals surface area contributed by atoms with E-state index in [9.17, 15) is 9.59 Å². The van der Waals surface area contributed by atoms with Gasteiger partial charge in [-0.25, -0.2) is 9.78 Å². The third-order valence-electron chi connectivity index (χ3n) is 4.98. The van der Waals surface area contributed by atoms with Gasteiger partial charge in [0, 0.05) is 24.0 Å². The van der Waals surface area contributed by atoms with E-state index in [-0.39, 0.29) is 17.7 Å². The van der Waals surface area contributed by atoms with E-state index < -0.39 is 11.2 Å². The topological polar surface area (TPSA) is 106 Å². The van der Waals surface area contributed by atoms with Crippen LogP contribution in [0.2, 0.25) is 0 Å². The molecular weight excluding hydrogens is 438 g/mol. The molecule has 2 heterocycles. The summed E-state index contributed by atoms with van der Waals surface area (Å²) in [4.78, 5) is 34.3. The van der Waals surface area contributed by atoms with Gasteiger partial charge in [-0.3, -0.25) is 14.3 Å². The highest BCUT2D eigenvalue weighted by Crippen LogP contribution is 2.28. The standard InChI is InChI=1S/C24H33N5O3S/c1-6-32-19-9-7-17(8-10-19)23-26-18(14-33-23)13-28(11-15(2)3)20-21(25)29(12-16(4)5)24(31)27-22(20)30/h7-10,14-16H,6,11-13,25H2,1-5H3,(H,27,30,31). The summed E-state index contributed by atoms with van der Waals surface area (Å²) in [5.41, 5.74) is 7.58. The van der Waals surface area contributed by atoms with E-state index in [1.54, 1.807) is 11.3 Å². The van der Waals surface area contributed by atoms with E-state index in [2.05, 4.69) is 18.8 Å². The van der Waals surface area contributed by atoms with Crippen LogP contribution in [0.15, 0.2) is 39.2 Å². The van der Waals surface area contributed by atoms with Gasteiger partial charge in [0.05, 0.1) is 18.8 Å². The molecule has 2 aromatic heterocycles. The second kappa shape index (κ2) is 10.7. The molecule has 0 unspecified atom stereocenters. The molecule has 0 fully saturated rings. The minimum atomic E-state index is -0.481. The van der Waals surface area contributed by atoms with Crippen molar-refractivity contribution < 1.29 is 4.74 Å². The van der Waals surface area contributed by atoms with Gasteiger partial charge in [-0.1, -0.05) is 27.7 Å². The molecule has 0 bridgehead atoms. The number of aromatic amines is 1. The predicted octanol–water partition coefficient (Wildman–Crippen LogP) is 3.96. The Morgan fingerprint density at radius 3 is 2.45 bits per heavy atom. The van der Waals surface area contributed by atoms with Crippen molar-refractivity contribution in [2.45, 2.75) is 47.7 Å². The van der Waals surface area contributed by atoms with Crippen LogP contribution in [0.4, 0.5) is 11.5 Å². The van der Waals surface area contributed by atoms with E-state index >= 15 is 0 Å². The molecule has 0 saturated heterocycles. The van der Waals surface area contributed by atoms with Gasteiger partial charge in [0.15, 0.2) is 0 Å². The Morgan fingerprint density at radius 1 is 1.15 bits per heavy atom. The Labute approximate surface area is 198 Å². The number of anilines is 2. The zero-order valence-corrected chi connectivity index (χ0v) is 20.7. The smallest absolute Gasteiger partial charge is 0.330 e. The average molecular weight is 472 g/mol. The number of ether oxygens (including phenoxy) is 1. The summed E-state index contributed by atoms with van der Waals surface area (Å²) in [6.07, 6.45) is 0.